The lowest BCUT2D eigenvalue weighted by Crippen LogP contribution is -1.91. The standard InChI is InChI=1S/C9H6ClFN2/c10-7-1-2-13-9-6(7)3-5(11)4-8(9)12/h1-4H,12H2. The summed E-state index contributed by atoms with van der Waals surface area (Å²) in [7, 11) is 0. The fourth-order valence-corrected chi connectivity index (χ4v) is 1.41. The largest absolute Gasteiger partial charge is 0.397 e. The van der Waals surface area contributed by atoms with E-state index in [0.717, 1.165) is 0 Å². The zero-order valence-electron chi connectivity index (χ0n) is 6.59. The Morgan fingerprint density at radius 1 is 1.38 bits per heavy atom. The number of rotatable bonds is 0. The van der Waals surface area contributed by atoms with E-state index in [2.05, 4.69) is 4.98 Å². The van der Waals surface area contributed by atoms with Crippen molar-refractivity contribution < 1.29 is 4.39 Å². The van der Waals surface area contributed by atoms with Crippen molar-refractivity contribution in [2.24, 2.45) is 0 Å². The number of nitrogens with zero attached hydrogens (tertiary/aromatic N) is 1. The van der Waals surface area contributed by atoms with Crippen LogP contribution in [-0.2, 0) is 0 Å². The highest BCUT2D eigenvalue weighted by Gasteiger charge is 2.04. The third-order valence-electron chi connectivity index (χ3n) is 1.79. The van der Waals surface area contributed by atoms with Crippen LogP contribution in [0.4, 0.5) is 10.1 Å². The Hall–Kier alpha value is -1.35. The fraction of sp³-hybridized carbons (Fsp3) is 0. The number of aromatic nitrogens is 1. The Kier molecular flexibility index (Phi) is 1.81. The normalized spacial score (nSPS) is 10.6. The minimum atomic E-state index is -0.403. The minimum absolute atomic E-state index is 0.303. The van der Waals surface area contributed by atoms with Crippen LogP contribution in [0.15, 0.2) is 24.4 Å². The molecule has 2 rings (SSSR count). The number of fused-ring (bicyclic) bond motifs is 1. The molecular formula is C9H6ClFN2. The van der Waals surface area contributed by atoms with Crippen molar-refractivity contribution in [1.29, 1.82) is 0 Å². The van der Waals surface area contributed by atoms with Gasteiger partial charge in [-0.15, -0.1) is 0 Å². The smallest absolute Gasteiger partial charge is 0.126 e. The van der Waals surface area contributed by atoms with Crippen molar-refractivity contribution in [3.8, 4) is 0 Å². The van der Waals surface area contributed by atoms with Gasteiger partial charge < -0.3 is 5.73 Å². The molecule has 0 saturated heterocycles. The summed E-state index contributed by atoms with van der Waals surface area (Å²) in [6.07, 6.45) is 1.54. The number of hydrogen-bond donors (Lipinski definition) is 1. The lowest BCUT2D eigenvalue weighted by atomic mass is 10.2. The molecule has 1 aromatic heterocycles. The summed E-state index contributed by atoms with van der Waals surface area (Å²) in [5.41, 5.74) is 6.40. The molecule has 1 heterocycles. The number of nitrogen functional groups attached to an aromatic ring is 1. The van der Waals surface area contributed by atoms with Crippen LogP contribution in [0, 0.1) is 5.82 Å². The molecule has 0 spiro atoms. The van der Waals surface area contributed by atoms with Gasteiger partial charge in [0.1, 0.15) is 5.82 Å². The maximum absolute atomic E-state index is 12.9. The Balaban J connectivity index is 2.94. The van der Waals surface area contributed by atoms with E-state index in [4.69, 9.17) is 17.3 Å². The Labute approximate surface area is 79.1 Å². The Bertz CT molecular complexity index is 470. The second-order valence-corrected chi connectivity index (χ2v) is 3.09. The molecule has 0 fully saturated rings. The molecule has 0 radical (unpaired) electrons. The maximum Gasteiger partial charge on any atom is 0.126 e. The molecule has 0 bridgehead atoms. The summed E-state index contributed by atoms with van der Waals surface area (Å²) in [6, 6.07) is 4.15. The molecule has 0 aliphatic heterocycles. The number of hydrogen-bond acceptors (Lipinski definition) is 2. The van der Waals surface area contributed by atoms with Crippen LogP contribution in [0.3, 0.4) is 0 Å². The quantitative estimate of drug-likeness (QED) is 0.658. The number of pyridine rings is 1. The monoisotopic (exact) mass is 196 g/mol. The van der Waals surface area contributed by atoms with E-state index in [0.29, 0.717) is 21.6 Å². The lowest BCUT2D eigenvalue weighted by Gasteiger charge is -2.02. The highest BCUT2D eigenvalue weighted by molar-refractivity contribution is 6.35. The summed E-state index contributed by atoms with van der Waals surface area (Å²) in [5.74, 6) is -0.403. The van der Waals surface area contributed by atoms with Gasteiger partial charge in [-0.2, -0.15) is 0 Å². The summed E-state index contributed by atoms with van der Waals surface area (Å²) >= 11 is 5.84. The first-order valence-corrected chi connectivity index (χ1v) is 4.05. The molecular weight excluding hydrogens is 191 g/mol. The predicted molar refractivity (Wildman–Crippen MR) is 51.1 cm³/mol. The second-order valence-electron chi connectivity index (χ2n) is 2.68. The van der Waals surface area contributed by atoms with Crippen LogP contribution in [0.2, 0.25) is 5.02 Å². The third-order valence-corrected chi connectivity index (χ3v) is 2.12. The molecule has 13 heavy (non-hydrogen) atoms. The molecule has 0 amide bonds. The highest BCUT2D eigenvalue weighted by atomic mass is 35.5. The molecule has 1 aromatic carbocycles. The van der Waals surface area contributed by atoms with Gasteiger partial charge in [0, 0.05) is 11.6 Å². The first-order chi connectivity index (χ1) is 6.18. The van der Waals surface area contributed by atoms with E-state index in [9.17, 15) is 4.39 Å². The van der Waals surface area contributed by atoms with Gasteiger partial charge in [0.25, 0.3) is 0 Å². The molecule has 2 aromatic rings. The Morgan fingerprint density at radius 2 is 2.15 bits per heavy atom. The van der Waals surface area contributed by atoms with Crippen LogP contribution in [0.5, 0.6) is 0 Å². The van der Waals surface area contributed by atoms with E-state index in [1.54, 1.807) is 12.3 Å². The lowest BCUT2D eigenvalue weighted by molar-refractivity contribution is 0.630. The van der Waals surface area contributed by atoms with Gasteiger partial charge in [0.05, 0.1) is 16.2 Å². The number of nitrogens with two attached hydrogens (primary N) is 1. The molecule has 0 aliphatic rings. The number of anilines is 1. The van der Waals surface area contributed by atoms with Crippen LogP contribution < -0.4 is 5.73 Å². The van der Waals surface area contributed by atoms with Crippen LogP contribution in [0.25, 0.3) is 10.9 Å². The van der Waals surface area contributed by atoms with Crippen LogP contribution >= 0.6 is 11.6 Å². The van der Waals surface area contributed by atoms with Crippen LogP contribution in [-0.4, -0.2) is 4.98 Å². The Morgan fingerprint density at radius 3 is 2.92 bits per heavy atom. The van der Waals surface area contributed by atoms with E-state index < -0.39 is 5.82 Å². The summed E-state index contributed by atoms with van der Waals surface area (Å²) in [6.45, 7) is 0. The van der Waals surface area contributed by atoms with Crippen molar-refractivity contribution in [3.63, 3.8) is 0 Å². The molecule has 4 heteroatoms. The van der Waals surface area contributed by atoms with Crippen molar-refractivity contribution in [3.05, 3.63) is 35.2 Å². The van der Waals surface area contributed by atoms with Gasteiger partial charge in [-0.3, -0.25) is 4.98 Å². The zero-order chi connectivity index (χ0) is 9.42. The van der Waals surface area contributed by atoms with Gasteiger partial charge >= 0.3 is 0 Å². The average Bonchev–Trinajstić information content (AvgIpc) is 2.07. The van der Waals surface area contributed by atoms with Crippen molar-refractivity contribution in [1.82, 2.24) is 4.98 Å². The molecule has 2 nitrogen and oxygen atoms in total. The summed E-state index contributed by atoms with van der Waals surface area (Å²) in [4.78, 5) is 4.01. The van der Waals surface area contributed by atoms with Crippen molar-refractivity contribution in [2.75, 3.05) is 5.73 Å². The molecule has 0 aliphatic carbocycles. The van der Waals surface area contributed by atoms with E-state index in [1.807, 2.05) is 0 Å². The molecule has 0 unspecified atom stereocenters. The second kappa shape index (κ2) is 2.85. The average molecular weight is 197 g/mol. The highest BCUT2D eigenvalue weighted by Crippen LogP contribution is 2.26. The van der Waals surface area contributed by atoms with E-state index in [1.165, 1.54) is 12.1 Å². The minimum Gasteiger partial charge on any atom is -0.397 e. The van der Waals surface area contributed by atoms with E-state index >= 15 is 0 Å². The van der Waals surface area contributed by atoms with Gasteiger partial charge in [-0.25, -0.2) is 4.39 Å². The third kappa shape index (κ3) is 1.31. The molecule has 0 saturated carbocycles. The van der Waals surface area contributed by atoms with Gasteiger partial charge in [0.15, 0.2) is 0 Å². The summed E-state index contributed by atoms with van der Waals surface area (Å²) < 4.78 is 12.9. The van der Waals surface area contributed by atoms with E-state index in [-0.39, 0.29) is 0 Å². The van der Waals surface area contributed by atoms with Gasteiger partial charge in [0.2, 0.25) is 0 Å². The topological polar surface area (TPSA) is 38.9 Å². The van der Waals surface area contributed by atoms with Gasteiger partial charge in [-0.1, -0.05) is 11.6 Å². The predicted octanol–water partition coefficient (Wildman–Crippen LogP) is 2.61. The van der Waals surface area contributed by atoms with Crippen molar-refractivity contribution in [2.45, 2.75) is 0 Å². The SMILES string of the molecule is Nc1cc(F)cc2c(Cl)ccnc12. The first kappa shape index (κ1) is 8.26. The maximum atomic E-state index is 12.9. The van der Waals surface area contributed by atoms with Crippen molar-refractivity contribution >= 4 is 28.2 Å². The van der Waals surface area contributed by atoms with Gasteiger partial charge in [-0.05, 0) is 18.2 Å². The summed E-state index contributed by atoms with van der Waals surface area (Å²) in [5, 5.41) is 0.998. The molecule has 66 valence electrons. The number of halogens is 2. The van der Waals surface area contributed by atoms with Crippen LogP contribution in [0.1, 0.15) is 0 Å². The zero-order valence-corrected chi connectivity index (χ0v) is 7.35. The fourth-order valence-electron chi connectivity index (χ4n) is 1.21. The molecule has 2 N–H and O–H groups in total. The molecule has 0 atom stereocenters. The first-order valence-electron chi connectivity index (χ1n) is 3.68. The number of benzene rings is 1.